The first-order valence-electron chi connectivity index (χ1n) is 10.1. The van der Waals surface area contributed by atoms with Crippen LogP contribution in [0.25, 0.3) is 16.8 Å². The molecule has 3 amide bonds. The predicted molar refractivity (Wildman–Crippen MR) is 116 cm³/mol. The van der Waals surface area contributed by atoms with Gasteiger partial charge in [0.05, 0.1) is 0 Å². The molecule has 31 heavy (non-hydrogen) atoms. The number of carbonyl (C=O) groups is 3. The number of aromatic nitrogens is 1. The maximum absolute atomic E-state index is 12.8. The number of hydrogen-bond acceptors (Lipinski definition) is 4. The van der Waals surface area contributed by atoms with Gasteiger partial charge in [0.15, 0.2) is 12.4 Å². The fourth-order valence-corrected chi connectivity index (χ4v) is 3.69. The molecule has 1 aliphatic rings. The molecule has 0 bridgehead atoms. The molecule has 1 aromatic heterocycles. The number of rotatable bonds is 7. The molecule has 1 N–H and O–H groups in total. The highest BCUT2D eigenvalue weighted by molar-refractivity contribution is 6.25. The molecule has 0 atom stereocenters. The van der Waals surface area contributed by atoms with E-state index >= 15 is 0 Å². The molecule has 2 aromatic carbocycles. The van der Waals surface area contributed by atoms with Crippen LogP contribution >= 0.6 is 0 Å². The van der Waals surface area contributed by atoms with Crippen LogP contribution < -0.4 is 10.0 Å². The van der Waals surface area contributed by atoms with Gasteiger partial charge < -0.3 is 10.5 Å². The van der Waals surface area contributed by atoms with E-state index in [1.807, 2.05) is 24.3 Å². The Morgan fingerprint density at radius 1 is 1.00 bits per heavy atom. The summed E-state index contributed by atoms with van der Waals surface area (Å²) >= 11 is 0. The van der Waals surface area contributed by atoms with Crippen molar-refractivity contribution in [3.63, 3.8) is 0 Å². The summed E-state index contributed by atoms with van der Waals surface area (Å²) in [4.78, 5) is 38.9. The first kappa shape index (κ1) is 20.3. The van der Waals surface area contributed by atoms with Gasteiger partial charge in [0.1, 0.15) is 0 Å². The number of nitrogens with one attached hydrogen (secondary N) is 1. The Morgan fingerprint density at radius 2 is 1.71 bits per heavy atom. The summed E-state index contributed by atoms with van der Waals surface area (Å²) in [6.07, 6.45) is 6.86. The Morgan fingerprint density at radius 3 is 2.39 bits per heavy atom. The standard InChI is InChI=1S/C24H21N3O4/c28-21(12-11-17-6-5-14-26(31)16-17)25-13-1-2-15-27-23(29)19-9-3-7-18-8-4-10-20(22(18)19)24(27)30/h3-12,14,16H,1-2,13,15H2,(H,25,28). The van der Waals surface area contributed by atoms with Crippen LogP contribution in [-0.2, 0) is 4.79 Å². The van der Waals surface area contributed by atoms with E-state index in [9.17, 15) is 19.6 Å². The second-order valence-corrected chi connectivity index (χ2v) is 7.30. The van der Waals surface area contributed by atoms with Crippen molar-refractivity contribution in [3.05, 3.63) is 88.9 Å². The molecule has 4 rings (SSSR count). The van der Waals surface area contributed by atoms with Crippen molar-refractivity contribution in [1.29, 1.82) is 0 Å². The fourth-order valence-electron chi connectivity index (χ4n) is 3.69. The Kier molecular flexibility index (Phi) is 5.75. The lowest BCUT2D eigenvalue weighted by atomic mass is 9.94. The second kappa shape index (κ2) is 8.79. The lowest BCUT2D eigenvalue weighted by Gasteiger charge is -2.27. The maximum Gasteiger partial charge on any atom is 0.261 e. The molecule has 0 spiro atoms. The summed E-state index contributed by atoms with van der Waals surface area (Å²) in [6, 6.07) is 14.3. The molecule has 7 heteroatoms. The van der Waals surface area contributed by atoms with Gasteiger partial charge in [0.25, 0.3) is 11.8 Å². The van der Waals surface area contributed by atoms with E-state index < -0.39 is 0 Å². The molecule has 0 aliphatic carbocycles. The van der Waals surface area contributed by atoms with E-state index in [0.29, 0.717) is 47.4 Å². The van der Waals surface area contributed by atoms with Gasteiger partial charge in [-0.1, -0.05) is 24.3 Å². The minimum atomic E-state index is -0.278. The highest BCUT2D eigenvalue weighted by Gasteiger charge is 2.31. The molecule has 2 heterocycles. The maximum atomic E-state index is 12.8. The first-order chi connectivity index (χ1) is 15.0. The summed E-state index contributed by atoms with van der Waals surface area (Å²) in [5.41, 5.74) is 1.72. The summed E-state index contributed by atoms with van der Waals surface area (Å²) in [6.45, 7) is 0.712. The molecule has 0 saturated heterocycles. The van der Waals surface area contributed by atoms with Gasteiger partial charge >= 0.3 is 0 Å². The van der Waals surface area contributed by atoms with E-state index in [4.69, 9.17) is 0 Å². The quantitative estimate of drug-likeness (QED) is 0.211. The number of unbranched alkanes of at least 4 members (excludes halogenated alkanes) is 1. The number of pyridine rings is 1. The summed E-state index contributed by atoms with van der Waals surface area (Å²) in [5.74, 6) is -0.827. The van der Waals surface area contributed by atoms with E-state index in [1.54, 1.807) is 30.3 Å². The molecule has 156 valence electrons. The zero-order valence-corrected chi connectivity index (χ0v) is 16.8. The van der Waals surface area contributed by atoms with E-state index in [2.05, 4.69) is 5.32 Å². The van der Waals surface area contributed by atoms with Gasteiger partial charge in [0, 0.05) is 47.3 Å². The van der Waals surface area contributed by atoms with Crippen LogP contribution in [0.2, 0.25) is 0 Å². The fraction of sp³-hybridized carbons (Fsp3) is 0.167. The number of nitrogens with zero attached hydrogens (tertiary/aromatic N) is 2. The zero-order valence-electron chi connectivity index (χ0n) is 16.8. The van der Waals surface area contributed by atoms with Crippen LogP contribution in [0.3, 0.4) is 0 Å². The molecule has 0 fully saturated rings. The number of carbonyl (C=O) groups excluding carboxylic acids is 3. The largest absolute Gasteiger partial charge is 0.619 e. The monoisotopic (exact) mass is 415 g/mol. The van der Waals surface area contributed by atoms with Crippen LogP contribution in [0.5, 0.6) is 0 Å². The topological polar surface area (TPSA) is 93.4 Å². The molecule has 1 aliphatic heterocycles. The van der Waals surface area contributed by atoms with Crippen LogP contribution in [0, 0.1) is 5.21 Å². The normalized spacial score (nSPS) is 13.2. The Balaban J connectivity index is 1.29. The minimum absolute atomic E-state index is 0.271. The average Bonchev–Trinajstić information content (AvgIpc) is 2.77. The van der Waals surface area contributed by atoms with Gasteiger partial charge in [-0.2, -0.15) is 4.73 Å². The molecule has 3 aromatic rings. The lowest BCUT2D eigenvalue weighted by Crippen LogP contribution is -2.41. The van der Waals surface area contributed by atoms with Gasteiger partial charge in [-0.15, -0.1) is 0 Å². The first-order valence-corrected chi connectivity index (χ1v) is 10.1. The molecule has 0 unspecified atom stereocenters. The third-order valence-corrected chi connectivity index (χ3v) is 5.19. The van der Waals surface area contributed by atoms with Crippen LogP contribution in [-0.4, -0.2) is 35.7 Å². The van der Waals surface area contributed by atoms with Crippen molar-refractivity contribution in [2.45, 2.75) is 12.8 Å². The summed E-state index contributed by atoms with van der Waals surface area (Å²) in [7, 11) is 0. The molecule has 7 nitrogen and oxygen atoms in total. The Bertz CT molecular complexity index is 1150. The number of amides is 3. The van der Waals surface area contributed by atoms with Crippen LogP contribution in [0.4, 0.5) is 0 Å². The third-order valence-electron chi connectivity index (χ3n) is 5.19. The van der Waals surface area contributed by atoms with Gasteiger partial charge in [-0.25, -0.2) is 0 Å². The smallest absolute Gasteiger partial charge is 0.261 e. The van der Waals surface area contributed by atoms with Crippen molar-refractivity contribution in [3.8, 4) is 0 Å². The Hall–Kier alpha value is -4.00. The summed E-state index contributed by atoms with van der Waals surface area (Å²) < 4.78 is 0.666. The van der Waals surface area contributed by atoms with Crippen molar-refractivity contribution in [2.75, 3.05) is 13.1 Å². The highest BCUT2D eigenvalue weighted by Crippen LogP contribution is 2.29. The van der Waals surface area contributed by atoms with Crippen molar-refractivity contribution in [1.82, 2.24) is 10.2 Å². The van der Waals surface area contributed by atoms with Gasteiger partial charge in [0.2, 0.25) is 5.91 Å². The van der Waals surface area contributed by atoms with E-state index in [1.165, 1.54) is 23.4 Å². The summed E-state index contributed by atoms with van der Waals surface area (Å²) in [5, 5.41) is 15.6. The average molecular weight is 415 g/mol. The van der Waals surface area contributed by atoms with Crippen molar-refractivity contribution < 1.29 is 19.1 Å². The van der Waals surface area contributed by atoms with Crippen molar-refractivity contribution >= 4 is 34.6 Å². The molecular weight excluding hydrogens is 394 g/mol. The van der Waals surface area contributed by atoms with Crippen LogP contribution in [0.15, 0.2) is 67.0 Å². The van der Waals surface area contributed by atoms with Gasteiger partial charge in [-0.05, 0) is 42.5 Å². The molecule has 0 saturated carbocycles. The van der Waals surface area contributed by atoms with Crippen molar-refractivity contribution in [2.24, 2.45) is 0 Å². The van der Waals surface area contributed by atoms with Gasteiger partial charge in [-0.3, -0.25) is 19.3 Å². The molecule has 0 radical (unpaired) electrons. The highest BCUT2D eigenvalue weighted by atomic mass is 16.5. The van der Waals surface area contributed by atoms with E-state index in [0.717, 1.165) is 10.8 Å². The number of benzene rings is 2. The number of hydrogen-bond donors (Lipinski definition) is 1. The minimum Gasteiger partial charge on any atom is -0.619 e. The van der Waals surface area contributed by atoms with Crippen LogP contribution in [0.1, 0.15) is 39.1 Å². The van der Waals surface area contributed by atoms with E-state index in [-0.39, 0.29) is 17.7 Å². The second-order valence-electron chi connectivity index (χ2n) is 7.30. The predicted octanol–water partition coefficient (Wildman–Crippen LogP) is 2.68. The number of imide groups is 1. The molecular formula is C24H21N3O4. The Labute approximate surface area is 179 Å². The SMILES string of the molecule is O=C(C=Cc1ccc[n+]([O-])c1)NCCCCN1C(=O)c2cccc3cccc(c23)C1=O. The third kappa shape index (κ3) is 4.30. The zero-order chi connectivity index (χ0) is 21.8. The lowest BCUT2D eigenvalue weighted by molar-refractivity contribution is -0.605.